The Morgan fingerprint density at radius 2 is 1.60 bits per heavy atom. The first kappa shape index (κ1) is 33.0. The summed E-state index contributed by atoms with van der Waals surface area (Å²) in [6.07, 6.45) is 1.86. The molecule has 13 heteroatoms. The van der Waals surface area contributed by atoms with Crippen molar-refractivity contribution in [2.75, 3.05) is 46.4 Å². The lowest BCUT2D eigenvalue weighted by Gasteiger charge is -2.14. The van der Waals surface area contributed by atoms with Crippen LogP contribution in [0.3, 0.4) is 0 Å². The van der Waals surface area contributed by atoms with Crippen molar-refractivity contribution in [3.63, 3.8) is 0 Å². The van der Waals surface area contributed by atoms with Crippen LogP contribution < -0.4 is 39.7 Å². The molecule has 0 heterocycles. The molecule has 0 saturated heterocycles. The van der Waals surface area contributed by atoms with E-state index in [2.05, 4.69) is 43.8 Å². The number of rotatable bonds is 14. The molecule has 43 heavy (non-hydrogen) atoms. The number of benzene rings is 3. The molecule has 0 aliphatic carbocycles. The number of amides is 3. The summed E-state index contributed by atoms with van der Waals surface area (Å²) in [4.78, 5) is 36.8. The molecular formula is C30H33IN4O8. The van der Waals surface area contributed by atoms with E-state index in [9.17, 15) is 14.4 Å². The maximum atomic E-state index is 12.4. The Bertz CT molecular complexity index is 1450. The Morgan fingerprint density at radius 1 is 0.860 bits per heavy atom. The van der Waals surface area contributed by atoms with Crippen molar-refractivity contribution in [3.05, 3.63) is 69.3 Å². The summed E-state index contributed by atoms with van der Waals surface area (Å²) in [5, 5.41) is 9.20. The number of carbonyl (C=O) groups is 3. The summed E-state index contributed by atoms with van der Waals surface area (Å²) in [5.74, 6) is 0.568. The van der Waals surface area contributed by atoms with Gasteiger partial charge in [0.25, 0.3) is 5.91 Å². The third-order valence-corrected chi connectivity index (χ3v) is 6.59. The smallest absolute Gasteiger partial charge is 0.329 e. The number of hydrogen-bond donors (Lipinski definition) is 3. The molecular weight excluding hydrogens is 671 g/mol. The Balaban J connectivity index is 1.52. The fourth-order valence-electron chi connectivity index (χ4n) is 3.73. The van der Waals surface area contributed by atoms with Crippen LogP contribution in [0.2, 0.25) is 0 Å². The van der Waals surface area contributed by atoms with E-state index in [4.69, 9.17) is 23.7 Å². The average Bonchev–Trinajstić information content (AvgIpc) is 3.00. The zero-order chi connectivity index (χ0) is 31.2. The maximum Gasteiger partial charge on any atom is 0.329 e. The van der Waals surface area contributed by atoms with E-state index in [-0.39, 0.29) is 19.1 Å². The number of methoxy groups -OCH3 is 3. The number of nitrogens with zero attached hydrogens (tertiary/aromatic N) is 1. The molecule has 12 nitrogen and oxygen atoms in total. The van der Waals surface area contributed by atoms with Gasteiger partial charge in [0, 0.05) is 12.2 Å². The molecule has 0 bridgehead atoms. The third-order valence-electron chi connectivity index (χ3n) is 5.79. The number of anilines is 1. The summed E-state index contributed by atoms with van der Waals surface area (Å²) in [6.45, 7) is 2.16. The van der Waals surface area contributed by atoms with Gasteiger partial charge in [-0.2, -0.15) is 5.10 Å². The fraction of sp³-hybridized carbons (Fsp3) is 0.267. The number of ether oxygens (including phenoxy) is 5. The predicted octanol–water partition coefficient (Wildman–Crippen LogP) is 3.54. The van der Waals surface area contributed by atoms with Gasteiger partial charge < -0.3 is 34.3 Å². The number of hydrogen-bond acceptors (Lipinski definition) is 9. The van der Waals surface area contributed by atoms with Crippen molar-refractivity contribution in [2.45, 2.75) is 13.3 Å². The van der Waals surface area contributed by atoms with Gasteiger partial charge in [-0.25, -0.2) is 5.43 Å². The van der Waals surface area contributed by atoms with Gasteiger partial charge in [-0.05, 0) is 95.6 Å². The van der Waals surface area contributed by atoms with Crippen molar-refractivity contribution in [2.24, 2.45) is 5.10 Å². The summed E-state index contributed by atoms with van der Waals surface area (Å²) >= 11 is 2.05. The molecule has 0 radical (unpaired) electrons. The van der Waals surface area contributed by atoms with E-state index in [1.807, 2.05) is 13.0 Å². The molecule has 0 saturated carbocycles. The van der Waals surface area contributed by atoms with Crippen molar-refractivity contribution in [1.29, 1.82) is 0 Å². The number of carbonyl (C=O) groups excluding carboxylic acids is 3. The molecule has 0 fully saturated rings. The minimum atomic E-state index is -0.911. The molecule has 3 N–H and O–H groups in total. The van der Waals surface area contributed by atoms with E-state index in [1.165, 1.54) is 6.21 Å². The van der Waals surface area contributed by atoms with Gasteiger partial charge in [-0.1, -0.05) is 6.07 Å². The fourth-order valence-corrected chi connectivity index (χ4v) is 4.51. The molecule has 3 amide bonds. The van der Waals surface area contributed by atoms with Crippen LogP contribution in [-0.4, -0.2) is 65.0 Å². The molecule has 0 aromatic heterocycles. The monoisotopic (exact) mass is 704 g/mol. The van der Waals surface area contributed by atoms with Crippen molar-refractivity contribution >= 4 is 52.2 Å². The second-order valence-corrected chi connectivity index (χ2v) is 9.88. The number of hydrazone groups is 1. The zero-order valence-corrected chi connectivity index (χ0v) is 26.4. The normalized spacial score (nSPS) is 10.5. The minimum absolute atomic E-state index is 0.237. The minimum Gasteiger partial charge on any atom is -0.497 e. The highest BCUT2D eigenvalue weighted by Gasteiger charge is 2.15. The summed E-state index contributed by atoms with van der Waals surface area (Å²) < 4.78 is 27.7. The lowest BCUT2D eigenvalue weighted by molar-refractivity contribution is -0.139. The van der Waals surface area contributed by atoms with Crippen LogP contribution in [-0.2, 0) is 20.8 Å². The Hall–Kier alpha value is -4.53. The van der Waals surface area contributed by atoms with E-state index in [0.717, 1.165) is 5.56 Å². The average molecular weight is 705 g/mol. The van der Waals surface area contributed by atoms with Crippen LogP contribution in [0.4, 0.5) is 5.69 Å². The SMILES string of the molecule is CCOc1cc(/C=N\NC(=O)C(=O)NCCc2ccc(OC)c(OC)c2)cc(I)c1OCC(=O)Nc1ccc(OC)cc1. The highest BCUT2D eigenvalue weighted by molar-refractivity contribution is 14.1. The van der Waals surface area contributed by atoms with E-state index in [0.29, 0.717) is 56.6 Å². The molecule has 3 aromatic carbocycles. The topological polar surface area (TPSA) is 146 Å². The van der Waals surface area contributed by atoms with Gasteiger partial charge in [0.05, 0.1) is 37.7 Å². The van der Waals surface area contributed by atoms with Gasteiger partial charge in [-0.15, -0.1) is 0 Å². The first-order chi connectivity index (χ1) is 20.8. The Morgan fingerprint density at radius 3 is 2.28 bits per heavy atom. The Labute approximate surface area is 263 Å². The summed E-state index contributed by atoms with van der Waals surface area (Å²) in [5.41, 5.74) is 4.31. The van der Waals surface area contributed by atoms with Gasteiger partial charge >= 0.3 is 11.8 Å². The lowest BCUT2D eigenvalue weighted by atomic mass is 10.1. The molecule has 0 aliphatic heterocycles. The van der Waals surface area contributed by atoms with Gasteiger partial charge in [0.15, 0.2) is 29.6 Å². The van der Waals surface area contributed by atoms with Gasteiger partial charge in [-0.3, -0.25) is 14.4 Å². The van der Waals surface area contributed by atoms with E-state index in [1.54, 1.807) is 69.9 Å². The van der Waals surface area contributed by atoms with Crippen molar-refractivity contribution in [1.82, 2.24) is 10.7 Å². The summed E-state index contributed by atoms with van der Waals surface area (Å²) in [7, 11) is 4.66. The van der Waals surface area contributed by atoms with Crippen LogP contribution in [0.1, 0.15) is 18.1 Å². The number of halogens is 1. The highest BCUT2D eigenvalue weighted by Crippen LogP contribution is 2.34. The summed E-state index contributed by atoms with van der Waals surface area (Å²) in [6, 6.07) is 15.7. The molecule has 0 atom stereocenters. The van der Waals surface area contributed by atoms with Crippen LogP contribution in [0.25, 0.3) is 0 Å². The van der Waals surface area contributed by atoms with Crippen LogP contribution in [0.5, 0.6) is 28.7 Å². The molecule has 0 spiro atoms. The van der Waals surface area contributed by atoms with Crippen molar-refractivity contribution < 1.29 is 38.1 Å². The van der Waals surface area contributed by atoms with Crippen LogP contribution >= 0.6 is 22.6 Å². The van der Waals surface area contributed by atoms with Gasteiger partial charge in [0.1, 0.15) is 5.75 Å². The maximum absolute atomic E-state index is 12.4. The number of nitrogens with one attached hydrogen (secondary N) is 3. The predicted molar refractivity (Wildman–Crippen MR) is 169 cm³/mol. The molecule has 228 valence electrons. The molecule has 3 rings (SSSR count). The second kappa shape index (κ2) is 16.8. The molecule has 0 aliphatic rings. The Kier molecular flexibility index (Phi) is 12.9. The lowest BCUT2D eigenvalue weighted by Crippen LogP contribution is -2.38. The highest BCUT2D eigenvalue weighted by atomic mass is 127. The largest absolute Gasteiger partial charge is 0.497 e. The standard InChI is InChI=1S/C30H33IN4O8/c1-5-42-26-16-20(14-23(31)28(26)43-18-27(36)34-21-7-9-22(39-2)10-8-21)17-33-35-30(38)29(37)32-13-12-19-6-11-24(40-3)25(15-19)41-4/h6-11,14-17H,5,12-13,18H2,1-4H3,(H,32,37)(H,34,36)(H,35,38)/b33-17-. The first-order valence-corrected chi connectivity index (χ1v) is 14.2. The van der Waals surface area contributed by atoms with E-state index >= 15 is 0 Å². The second-order valence-electron chi connectivity index (χ2n) is 8.72. The van der Waals surface area contributed by atoms with Crippen LogP contribution in [0, 0.1) is 3.57 Å². The third kappa shape index (κ3) is 10.1. The van der Waals surface area contributed by atoms with Gasteiger partial charge in [0.2, 0.25) is 0 Å². The van der Waals surface area contributed by atoms with Crippen molar-refractivity contribution in [3.8, 4) is 28.7 Å². The van der Waals surface area contributed by atoms with Crippen LogP contribution in [0.15, 0.2) is 59.7 Å². The van der Waals surface area contributed by atoms with E-state index < -0.39 is 11.8 Å². The zero-order valence-electron chi connectivity index (χ0n) is 24.2. The molecule has 0 unspecified atom stereocenters. The molecule has 3 aromatic rings. The first-order valence-electron chi connectivity index (χ1n) is 13.1. The quantitative estimate of drug-likeness (QED) is 0.100.